The average Bonchev–Trinajstić information content (AvgIpc) is 2.34. The normalized spacial score (nSPS) is 10.1. The molecule has 0 aliphatic rings. The molecule has 92 valence electrons. The second kappa shape index (κ2) is 4.79. The van der Waals surface area contributed by atoms with Crippen LogP contribution in [0.2, 0.25) is 0 Å². The number of carbonyl (C=O) groups excluding carboxylic acids is 1. The fourth-order valence-electron chi connectivity index (χ4n) is 1.39. The first-order valence-corrected chi connectivity index (χ1v) is 5.04. The monoisotopic (exact) mass is 249 g/mol. The number of benzene rings is 1. The quantitative estimate of drug-likeness (QED) is 0.857. The molecule has 0 spiro atoms. The van der Waals surface area contributed by atoms with Crippen molar-refractivity contribution in [2.24, 2.45) is 0 Å². The lowest BCUT2D eigenvalue weighted by molar-refractivity contribution is 0.102. The molecule has 1 amide bonds. The molecular formula is C12H9F2N3O. The molecule has 0 unspecified atom stereocenters. The summed E-state index contributed by atoms with van der Waals surface area (Å²) in [6.45, 7) is 0. The van der Waals surface area contributed by atoms with Gasteiger partial charge in [-0.25, -0.2) is 8.78 Å². The predicted octanol–water partition coefficient (Wildman–Crippen LogP) is 2.19. The lowest BCUT2D eigenvalue weighted by Crippen LogP contribution is -2.14. The van der Waals surface area contributed by atoms with E-state index in [0.29, 0.717) is 0 Å². The zero-order valence-corrected chi connectivity index (χ0v) is 9.15. The van der Waals surface area contributed by atoms with Crippen LogP contribution in [0, 0.1) is 11.6 Å². The van der Waals surface area contributed by atoms with Crippen molar-refractivity contribution in [2.75, 3.05) is 11.1 Å². The Labute approximate surface area is 101 Å². The van der Waals surface area contributed by atoms with Gasteiger partial charge in [-0.2, -0.15) is 0 Å². The molecule has 1 heterocycles. The second-order valence-corrected chi connectivity index (χ2v) is 3.55. The van der Waals surface area contributed by atoms with Crippen molar-refractivity contribution in [1.29, 1.82) is 0 Å². The third-order valence-corrected chi connectivity index (χ3v) is 2.27. The molecule has 4 nitrogen and oxygen atoms in total. The Hall–Kier alpha value is -2.50. The maximum absolute atomic E-state index is 13.0. The first kappa shape index (κ1) is 12.0. The number of hydrogen-bond donors (Lipinski definition) is 2. The highest BCUT2D eigenvalue weighted by atomic mass is 19.2. The first-order valence-electron chi connectivity index (χ1n) is 5.04. The molecule has 0 saturated heterocycles. The minimum atomic E-state index is -1.03. The summed E-state index contributed by atoms with van der Waals surface area (Å²) in [4.78, 5) is 15.5. The number of nitrogens with zero attached hydrogens (tertiary/aromatic N) is 1. The lowest BCUT2D eigenvalue weighted by atomic mass is 10.2. The molecule has 2 rings (SSSR count). The van der Waals surface area contributed by atoms with Gasteiger partial charge in [-0.3, -0.25) is 9.78 Å². The first-order chi connectivity index (χ1) is 8.58. The standard InChI is InChI=1S/C12H9F2N3O/c13-9-2-1-7(5-10(9)14)17-12(18)8-3-4-16-6-11(8)15/h1-6H,15H2,(H,17,18). The number of nitrogens with two attached hydrogens (primary N) is 1. The van der Waals surface area contributed by atoms with Gasteiger partial charge in [-0.1, -0.05) is 0 Å². The van der Waals surface area contributed by atoms with Crippen molar-refractivity contribution >= 4 is 17.3 Å². The van der Waals surface area contributed by atoms with E-state index in [4.69, 9.17) is 5.73 Å². The van der Waals surface area contributed by atoms with Crippen molar-refractivity contribution in [3.8, 4) is 0 Å². The summed E-state index contributed by atoms with van der Waals surface area (Å²) in [6, 6.07) is 4.52. The van der Waals surface area contributed by atoms with Crippen LogP contribution in [0.25, 0.3) is 0 Å². The van der Waals surface area contributed by atoms with Crippen molar-refractivity contribution in [2.45, 2.75) is 0 Å². The van der Waals surface area contributed by atoms with Gasteiger partial charge in [0.25, 0.3) is 5.91 Å². The number of hydrogen-bond acceptors (Lipinski definition) is 3. The van der Waals surface area contributed by atoms with Gasteiger partial charge in [0, 0.05) is 18.0 Å². The van der Waals surface area contributed by atoms with Crippen LogP contribution in [0.15, 0.2) is 36.7 Å². The van der Waals surface area contributed by atoms with Gasteiger partial charge in [-0.15, -0.1) is 0 Å². The Morgan fingerprint density at radius 2 is 2.00 bits per heavy atom. The summed E-state index contributed by atoms with van der Waals surface area (Å²) < 4.78 is 25.7. The Morgan fingerprint density at radius 3 is 2.67 bits per heavy atom. The van der Waals surface area contributed by atoms with Gasteiger partial charge in [-0.05, 0) is 18.2 Å². The van der Waals surface area contributed by atoms with Gasteiger partial charge in [0.2, 0.25) is 0 Å². The van der Waals surface area contributed by atoms with Gasteiger partial charge in [0.05, 0.1) is 17.4 Å². The summed E-state index contributed by atoms with van der Waals surface area (Å²) in [5.74, 6) is -2.52. The molecule has 0 fully saturated rings. The smallest absolute Gasteiger partial charge is 0.257 e. The largest absolute Gasteiger partial charge is 0.397 e. The van der Waals surface area contributed by atoms with E-state index in [0.717, 1.165) is 12.1 Å². The molecular weight excluding hydrogens is 240 g/mol. The number of carbonyl (C=O) groups is 1. The van der Waals surface area contributed by atoms with Crippen LogP contribution in [-0.2, 0) is 0 Å². The number of rotatable bonds is 2. The van der Waals surface area contributed by atoms with Crippen LogP contribution < -0.4 is 11.1 Å². The molecule has 6 heteroatoms. The molecule has 0 aliphatic carbocycles. The van der Waals surface area contributed by atoms with E-state index in [-0.39, 0.29) is 16.9 Å². The van der Waals surface area contributed by atoms with E-state index in [2.05, 4.69) is 10.3 Å². The topological polar surface area (TPSA) is 68.0 Å². The predicted molar refractivity (Wildman–Crippen MR) is 63.0 cm³/mol. The number of halogens is 2. The van der Waals surface area contributed by atoms with Gasteiger partial charge < -0.3 is 11.1 Å². The summed E-state index contributed by atoms with van der Waals surface area (Å²) >= 11 is 0. The third kappa shape index (κ3) is 2.42. The molecule has 0 saturated carbocycles. The van der Waals surface area contributed by atoms with Crippen molar-refractivity contribution in [1.82, 2.24) is 4.98 Å². The Morgan fingerprint density at radius 1 is 1.22 bits per heavy atom. The van der Waals surface area contributed by atoms with Crippen LogP contribution in [-0.4, -0.2) is 10.9 Å². The van der Waals surface area contributed by atoms with Crippen LogP contribution >= 0.6 is 0 Å². The van der Waals surface area contributed by atoms with Gasteiger partial charge in [0.15, 0.2) is 11.6 Å². The second-order valence-electron chi connectivity index (χ2n) is 3.55. The van der Waals surface area contributed by atoms with Crippen LogP contribution in [0.4, 0.5) is 20.2 Å². The number of nitrogens with one attached hydrogen (secondary N) is 1. The van der Waals surface area contributed by atoms with Crippen LogP contribution in [0.1, 0.15) is 10.4 Å². The number of amides is 1. The van der Waals surface area contributed by atoms with E-state index in [1.807, 2.05) is 0 Å². The highest BCUT2D eigenvalue weighted by molar-refractivity contribution is 6.07. The zero-order chi connectivity index (χ0) is 13.1. The van der Waals surface area contributed by atoms with Crippen molar-refractivity contribution < 1.29 is 13.6 Å². The molecule has 0 aliphatic heterocycles. The molecule has 0 bridgehead atoms. The number of aromatic nitrogens is 1. The third-order valence-electron chi connectivity index (χ3n) is 2.27. The maximum Gasteiger partial charge on any atom is 0.257 e. The molecule has 1 aromatic carbocycles. The SMILES string of the molecule is Nc1cnccc1C(=O)Nc1ccc(F)c(F)c1. The van der Waals surface area contributed by atoms with E-state index in [1.165, 1.54) is 24.5 Å². The maximum atomic E-state index is 13.0. The summed E-state index contributed by atoms with van der Waals surface area (Å²) in [5.41, 5.74) is 6.14. The molecule has 1 aromatic heterocycles. The molecule has 2 aromatic rings. The fraction of sp³-hybridized carbons (Fsp3) is 0. The summed E-state index contributed by atoms with van der Waals surface area (Å²) in [6.07, 6.45) is 2.75. The average molecular weight is 249 g/mol. The molecule has 0 atom stereocenters. The van der Waals surface area contributed by atoms with E-state index in [9.17, 15) is 13.6 Å². The number of pyridine rings is 1. The summed E-state index contributed by atoms with van der Waals surface area (Å²) in [7, 11) is 0. The van der Waals surface area contributed by atoms with E-state index < -0.39 is 17.5 Å². The minimum absolute atomic E-state index is 0.148. The molecule has 18 heavy (non-hydrogen) atoms. The van der Waals surface area contributed by atoms with Crippen LogP contribution in [0.5, 0.6) is 0 Å². The summed E-state index contributed by atoms with van der Waals surface area (Å²) in [5, 5.41) is 2.41. The highest BCUT2D eigenvalue weighted by Gasteiger charge is 2.10. The van der Waals surface area contributed by atoms with Crippen LogP contribution in [0.3, 0.4) is 0 Å². The highest BCUT2D eigenvalue weighted by Crippen LogP contribution is 2.16. The zero-order valence-electron chi connectivity index (χ0n) is 9.15. The fourth-order valence-corrected chi connectivity index (χ4v) is 1.39. The Balaban J connectivity index is 2.22. The van der Waals surface area contributed by atoms with Gasteiger partial charge in [0.1, 0.15) is 0 Å². The Bertz CT molecular complexity index is 602. The van der Waals surface area contributed by atoms with E-state index >= 15 is 0 Å². The van der Waals surface area contributed by atoms with Crippen molar-refractivity contribution in [3.05, 3.63) is 53.9 Å². The molecule has 3 N–H and O–H groups in total. The number of anilines is 2. The lowest BCUT2D eigenvalue weighted by Gasteiger charge is -2.07. The van der Waals surface area contributed by atoms with E-state index in [1.54, 1.807) is 0 Å². The van der Waals surface area contributed by atoms with Crippen molar-refractivity contribution in [3.63, 3.8) is 0 Å². The van der Waals surface area contributed by atoms with Gasteiger partial charge >= 0.3 is 0 Å². The minimum Gasteiger partial charge on any atom is -0.397 e. The Kier molecular flexibility index (Phi) is 3.18. The number of nitrogen functional groups attached to an aromatic ring is 1. The molecule has 0 radical (unpaired) electrons.